The highest BCUT2D eigenvalue weighted by Crippen LogP contribution is 2.48. The van der Waals surface area contributed by atoms with Gasteiger partial charge in [-0.05, 0) is 32.1 Å². The molecule has 2 aliphatic carbocycles. The molecule has 1 N–H and O–H groups in total. The lowest BCUT2D eigenvalue weighted by atomic mass is 9.98. The van der Waals surface area contributed by atoms with Gasteiger partial charge in [-0.25, -0.2) is 0 Å². The average molecular weight is 138 g/mol. The Morgan fingerprint density at radius 1 is 1.50 bits per heavy atom. The summed E-state index contributed by atoms with van der Waals surface area (Å²) in [6.45, 7) is 2.10. The van der Waals surface area contributed by atoms with Crippen LogP contribution in [-0.2, 0) is 0 Å². The molecule has 0 radical (unpaired) electrons. The van der Waals surface area contributed by atoms with E-state index in [0.29, 0.717) is 5.92 Å². The predicted octanol–water partition coefficient (Wildman–Crippen LogP) is 1.72. The fourth-order valence-electron chi connectivity index (χ4n) is 2.59. The van der Waals surface area contributed by atoms with Crippen molar-refractivity contribution in [2.75, 3.05) is 0 Å². The number of aliphatic hydroxyl groups is 1. The maximum absolute atomic E-state index is 9.48. The van der Waals surface area contributed by atoms with E-state index in [4.69, 9.17) is 0 Å². The van der Waals surface area contributed by atoms with E-state index in [1.165, 1.54) is 18.4 Å². The van der Waals surface area contributed by atoms with E-state index in [-0.39, 0.29) is 6.10 Å². The van der Waals surface area contributed by atoms with Gasteiger partial charge < -0.3 is 5.11 Å². The van der Waals surface area contributed by atoms with E-state index in [1.807, 2.05) is 0 Å². The third kappa shape index (κ3) is 0.671. The van der Waals surface area contributed by atoms with Crippen molar-refractivity contribution in [1.82, 2.24) is 0 Å². The number of fused-ring (bicyclic) bond motifs is 2. The lowest BCUT2D eigenvalue weighted by Crippen LogP contribution is -2.15. The Kier molecular flexibility index (Phi) is 1.34. The van der Waals surface area contributed by atoms with E-state index in [0.717, 1.165) is 12.3 Å². The van der Waals surface area contributed by atoms with Crippen LogP contribution in [0, 0.1) is 11.8 Å². The molecule has 0 saturated heterocycles. The Labute approximate surface area is 61.8 Å². The minimum absolute atomic E-state index is 0.00931. The third-order valence-corrected chi connectivity index (χ3v) is 3.05. The molecule has 1 nitrogen and oxygen atoms in total. The van der Waals surface area contributed by atoms with E-state index < -0.39 is 0 Å². The molecule has 0 spiro atoms. The molecule has 0 aromatic rings. The minimum atomic E-state index is -0.00931. The lowest BCUT2D eigenvalue weighted by molar-refractivity contribution is 0.117. The second-order valence-electron chi connectivity index (χ2n) is 3.47. The normalized spacial score (nSPS) is 49.0. The van der Waals surface area contributed by atoms with E-state index in [9.17, 15) is 5.11 Å². The number of aliphatic hydroxyl groups excluding tert-OH is 1. The van der Waals surface area contributed by atoms with Crippen LogP contribution in [0.1, 0.15) is 26.2 Å². The van der Waals surface area contributed by atoms with Crippen molar-refractivity contribution in [3.63, 3.8) is 0 Å². The summed E-state index contributed by atoms with van der Waals surface area (Å²) < 4.78 is 0. The summed E-state index contributed by atoms with van der Waals surface area (Å²) in [5, 5.41) is 9.48. The summed E-state index contributed by atoms with van der Waals surface area (Å²) in [5.74, 6) is 1.28. The van der Waals surface area contributed by atoms with Gasteiger partial charge >= 0.3 is 0 Å². The number of hydrogen-bond acceptors (Lipinski definition) is 1. The first-order valence-electron chi connectivity index (χ1n) is 4.17. The topological polar surface area (TPSA) is 20.2 Å². The van der Waals surface area contributed by atoms with Crippen molar-refractivity contribution in [3.8, 4) is 0 Å². The van der Waals surface area contributed by atoms with Crippen LogP contribution in [0.25, 0.3) is 0 Å². The zero-order chi connectivity index (χ0) is 7.14. The Morgan fingerprint density at radius 2 is 2.30 bits per heavy atom. The first-order valence-corrected chi connectivity index (χ1v) is 4.17. The molecule has 2 bridgehead atoms. The zero-order valence-electron chi connectivity index (χ0n) is 6.38. The highest BCUT2D eigenvalue weighted by atomic mass is 16.3. The molecule has 10 heavy (non-hydrogen) atoms. The SMILES string of the molecule is CC=C1C2CCC1C(O)C2. The summed E-state index contributed by atoms with van der Waals surface area (Å²) in [6.07, 6.45) is 5.78. The van der Waals surface area contributed by atoms with Gasteiger partial charge in [0.15, 0.2) is 0 Å². The van der Waals surface area contributed by atoms with Gasteiger partial charge in [-0.3, -0.25) is 0 Å². The summed E-state index contributed by atoms with van der Waals surface area (Å²) in [4.78, 5) is 0. The van der Waals surface area contributed by atoms with Crippen molar-refractivity contribution in [2.45, 2.75) is 32.3 Å². The maximum Gasteiger partial charge on any atom is 0.0611 e. The molecule has 0 amide bonds. The van der Waals surface area contributed by atoms with Gasteiger partial charge in [-0.15, -0.1) is 0 Å². The molecule has 2 fully saturated rings. The molecule has 2 saturated carbocycles. The van der Waals surface area contributed by atoms with Crippen LogP contribution in [-0.4, -0.2) is 11.2 Å². The Balaban J connectivity index is 2.27. The molecular formula is C9H14O. The van der Waals surface area contributed by atoms with Crippen molar-refractivity contribution in [1.29, 1.82) is 0 Å². The molecule has 3 atom stereocenters. The van der Waals surface area contributed by atoms with Crippen LogP contribution in [0.2, 0.25) is 0 Å². The van der Waals surface area contributed by atoms with Gasteiger partial charge in [0, 0.05) is 5.92 Å². The van der Waals surface area contributed by atoms with Crippen LogP contribution in [0.4, 0.5) is 0 Å². The van der Waals surface area contributed by atoms with Gasteiger partial charge in [-0.1, -0.05) is 11.6 Å². The fourth-order valence-corrected chi connectivity index (χ4v) is 2.59. The van der Waals surface area contributed by atoms with Crippen molar-refractivity contribution in [3.05, 3.63) is 11.6 Å². The Bertz CT molecular complexity index is 172. The van der Waals surface area contributed by atoms with Crippen molar-refractivity contribution < 1.29 is 5.11 Å². The first kappa shape index (κ1) is 6.41. The molecule has 56 valence electrons. The fraction of sp³-hybridized carbons (Fsp3) is 0.778. The standard InChI is InChI=1S/C9H14O/c1-2-7-6-3-4-8(7)9(10)5-6/h2,6,8-10H,3-5H2,1H3. The smallest absolute Gasteiger partial charge is 0.0611 e. The average Bonchev–Trinajstić information content (AvgIpc) is 2.42. The summed E-state index contributed by atoms with van der Waals surface area (Å²) in [6, 6.07) is 0. The Hall–Kier alpha value is -0.300. The van der Waals surface area contributed by atoms with Gasteiger partial charge in [0.2, 0.25) is 0 Å². The van der Waals surface area contributed by atoms with Gasteiger partial charge in [0.1, 0.15) is 0 Å². The van der Waals surface area contributed by atoms with Crippen LogP contribution in [0.5, 0.6) is 0 Å². The largest absolute Gasteiger partial charge is 0.392 e. The molecule has 3 unspecified atom stereocenters. The van der Waals surface area contributed by atoms with Crippen LogP contribution in [0.15, 0.2) is 11.6 Å². The second kappa shape index (κ2) is 2.09. The van der Waals surface area contributed by atoms with Crippen LogP contribution in [0.3, 0.4) is 0 Å². The zero-order valence-corrected chi connectivity index (χ0v) is 6.38. The molecule has 2 aliphatic rings. The van der Waals surface area contributed by atoms with Crippen LogP contribution < -0.4 is 0 Å². The van der Waals surface area contributed by atoms with E-state index in [2.05, 4.69) is 13.0 Å². The van der Waals surface area contributed by atoms with Gasteiger partial charge in [-0.2, -0.15) is 0 Å². The molecule has 0 aromatic heterocycles. The first-order chi connectivity index (χ1) is 4.83. The van der Waals surface area contributed by atoms with Gasteiger partial charge in [0.05, 0.1) is 6.10 Å². The summed E-state index contributed by atoms with van der Waals surface area (Å²) >= 11 is 0. The van der Waals surface area contributed by atoms with E-state index >= 15 is 0 Å². The third-order valence-electron chi connectivity index (χ3n) is 3.05. The lowest BCUT2D eigenvalue weighted by Gasteiger charge is -2.13. The Morgan fingerprint density at radius 3 is 2.60 bits per heavy atom. The van der Waals surface area contributed by atoms with Gasteiger partial charge in [0.25, 0.3) is 0 Å². The molecule has 2 rings (SSSR count). The number of allylic oxidation sites excluding steroid dienone is 1. The molecule has 0 aliphatic heterocycles. The second-order valence-corrected chi connectivity index (χ2v) is 3.47. The van der Waals surface area contributed by atoms with Crippen LogP contribution >= 0.6 is 0 Å². The highest BCUT2D eigenvalue weighted by Gasteiger charge is 2.42. The quantitative estimate of drug-likeness (QED) is 0.505. The summed E-state index contributed by atoms with van der Waals surface area (Å²) in [7, 11) is 0. The molecular weight excluding hydrogens is 124 g/mol. The molecule has 0 heterocycles. The number of hydrogen-bond donors (Lipinski definition) is 1. The maximum atomic E-state index is 9.48. The summed E-state index contributed by atoms with van der Waals surface area (Å²) in [5.41, 5.74) is 1.53. The van der Waals surface area contributed by atoms with E-state index in [1.54, 1.807) is 0 Å². The molecule has 0 aromatic carbocycles. The number of rotatable bonds is 0. The van der Waals surface area contributed by atoms with Crippen molar-refractivity contribution >= 4 is 0 Å². The monoisotopic (exact) mass is 138 g/mol. The van der Waals surface area contributed by atoms with Crippen molar-refractivity contribution in [2.24, 2.45) is 11.8 Å². The minimum Gasteiger partial charge on any atom is -0.392 e. The highest BCUT2D eigenvalue weighted by molar-refractivity contribution is 5.22. The predicted molar refractivity (Wildman–Crippen MR) is 40.6 cm³/mol. The molecule has 1 heteroatoms.